The van der Waals surface area contributed by atoms with Crippen LogP contribution < -0.4 is 0 Å². The number of carbonyl (C=O) groups excluding carboxylic acids is 1. The lowest BCUT2D eigenvalue weighted by Crippen LogP contribution is -2.42. The van der Waals surface area contributed by atoms with Crippen molar-refractivity contribution >= 4 is 11.9 Å². The molecule has 1 amide bonds. The maximum absolute atomic E-state index is 12.3. The molecule has 0 spiro atoms. The minimum absolute atomic E-state index is 0.217. The molecule has 3 rings (SSSR count). The first-order valence-corrected chi connectivity index (χ1v) is 6.26. The Morgan fingerprint density at radius 3 is 2.90 bits per heavy atom. The predicted octanol–water partition coefficient (Wildman–Crippen LogP) is 1.06. The molecule has 0 radical (unpaired) electrons. The summed E-state index contributed by atoms with van der Waals surface area (Å²) in [6.07, 6.45) is 3.29. The van der Waals surface area contributed by atoms with E-state index in [1.54, 1.807) is 18.3 Å². The molecule has 6 nitrogen and oxygen atoms in total. The summed E-state index contributed by atoms with van der Waals surface area (Å²) < 4.78 is 0. The normalized spacial score (nSPS) is 15.2. The second kappa shape index (κ2) is 4.80. The van der Waals surface area contributed by atoms with Crippen molar-refractivity contribution in [3.8, 4) is 0 Å². The number of amides is 1. The average molecular weight is 271 g/mol. The van der Waals surface area contributed by atoms with Crippen LogP contribution in [0, 0.1) is 0 Å². The quantitative estimate of drug-likeness (QED) is 0.870. The summed E-state index contributed by atoms with van der Waals surface area (Å²) in [7, 11) is 0. The van der Waals surface area contributed by atoms with Crippen LogP contribution >= 0.6 is 0 Å². The number of aromatic amines is 1. The molecule has 0 saturated heterocycles. The highest BCUT2D eigenvalue weighted by Crippen LogP contribution is 2.25. The second-order valence-electron chi connectivity index (χ2n) is 4.73. The van der Waals surface area contributed by atoms with Crippen molar-refractivity contribution in [2.45, 2.75) is 19.0 Å². The number of imidazole rings is 1. The van der Waals surface area contributed by atoms with Crippen LogP contribution in [-0.2, 0) is 17.8 Å². The smallest absolute Gasteiger partial charge is 0.326 e. The molecule has 0 aliphatic carbocycles. The van der Waals surface area contributed by atoms with Gasteiger partial charge in [0.2, 0.25) is 0 Å². The monoisotopic (exact) mass is 271 g/mol. The van der Waals surface area contributed by atoms with Gasteiger partial charge in [0.1, 0.15) is 6.04 Å². The minimum Gasteiger partial charge on any atom is -0.480 e. The standard InChI is InChI=1S/C14H13N3O3/c18-13-11-4-2-1-3-9(11)7-17(13)12(14(19)20)5-10-6-15-8-16-10/h1-4,6,8,12H,5,7H2,(H,15,16)(H,19,20). The van der Waals surface area contributed by atoms with E-state index in [2.05, 4.69) is 9.97 Å². The van der Waals surface area contributed by atoms with Crippen molar-refractivity contribution in [2.75, 3.05) is 0 Å². The SMILES string of the molecule is O=C(O)C(Cc1cnc[nH]1)N1Cc2ccccc2C1=O. The number of aromatic nitrogens is 2. The van der Waals surface area contributed by atoms with Crippen LogP contribution in [0.15, 0.2) is 36.8 Å². The van der Waals surface area contributed by atoms with Crippen LogP contribution in [0.5, 0.6) is 0 Å². The summed E-state index contributed by atoms with van der Waals surface area (Å²) in [5.41, 5.74) is 2.15. The van der Waals surface area contributed by atoms with Crippen LogP contribution in [0.3, 0.4) is 0 Å². The number of hydrogen-bond acceptors (Lipinski definition) is 3. The zero-order valence-electron chi connectivity index (χ0n) is 10.6. The van der Waals surface area contributed by atoms with Crippen LogP contribution in [0.2, 0.25) is 0 Å². The van der Waals surface area contributed by atoms with E-state index in [1.165, 1.54) is 11.2 Å². The first-order chi connectivity index (χ1) is 9.66. The highest BCUT2D eigenvalue weighted by Gasteiger charge is 2.36. The first-order valence-electron chi connectivity index (χ1n) is 6.26. The molecule has 1 aromatic carbocycles. The van der Waals surface area contributed by atoms with E-state index in [0.717, 1.165) is 5.56 Å². The number of nitrogens with zero attached hydrogens (tertiary/aromatic N) is 2. The van der Waals surface area contributed by atoms with Crippen molar-refractivity contribution in [3.05, 3.63) is 53.6 Å². The Hall–Kier alpha value is -2.63. The summed E-state index contributed by atoms with van der Waals surface area (Å²) in [5.74, 6) is -1.24. The number of nitrogens with one attached hydrogen (secondary N) is 1. The van der Waals surface area contributed by atoms with Crippen LogP contribution in [0.1, 0.15) is 21.6 Å². The van der Waals surface area contributed by atoms with Crippen LogP contribution in [-0.4, -0.2) is 37.9 Å². The third kappa shape index (κ3) is 2.05. The van der Waals surface area contributed by atoms with Gasteiger partial charge in [0, 0.05) is 30.4 Å². The Balaban J connectivity index is 1.87. The van der Waals surface area contributed by atoms with Gasteiger partial charge in [-0.1, -0.05) is 18.2 Å². The van der Waals surface area contributed by atoms with Gasteiger partial charge in [-0.05, 0) is 11.6 Å². The molecule has 1 unspecified atom stereocenters. The molecule has 2 N–H and O–H groups in total. The fourth-order valence-corrected chi connectivity index (χ4v) is 2.46. The van der Waals surface area contributed by atoms with E-state index < -0.39 is 12.0 Å². The van der Waals surface area contributed by atoms with Crippen LogP contribution in [0.25, 0.3) is 0 Å². The van der Waals surface area contributed by atoms with Gasteiger partial charge in [0.15, 0.2) is 0 Å². The number of fused-ring (bicyclic) bond motifs is 1. The van der Waals surface area contributed by atoms with Crippen molar-refractivity contribution in [1.82, 2.24) is 14.9 Å². The van der Waals surface area contributed by atoms with E-state index in [1.807, 2.05) is 12.1 Å². The summed E-state index contributed by atoms with van der Waals surface area (Å²) >= 11 is 0. The number of benzene rings is 1. The maximum Gasteiger partial charge on any atom is 0.326 e. The molecule has 1 atom stereocenters. The minimum atomic E-state index is -1.01. The van der Waals surface area contributed by atoms with E-state index in [9.17, 15) is 14.7 Å². The lowest BCUT2D eigenvalue weighted by molar-refractivity contribution is -0.142. The molecule has 1 aliphatic rings. The van der Waals surface area contributed by atoms with E-state index in [-0.39, 0.29) is 12.3 Å². The highest BCUT2D eigenvalue weighted by atomic mass is 16.4. The fourth-order valence-electron chi connectivity index (χ4n) is 2.46. The molecule has 1 aromatic heterocycles. The first kappa shape index (κ1) is 12.4. The maximum atomic E-state index is 12.3. The molecule has 6 heteroatoms. The fraction of sp³-hybridized carbons (Fsp3) is 0.214. The second-order valence-corrected chi connectivity index (χ2v) is 4.73. The van der Waals surface area contributed by atoms with E-state index in [0.29, 0.717) is 17.8 Å². The topological polar surface area (TPSA) is 86.3 Å². The Morgan fingerprint density at radius 2 is 2.25 bits per heavy atom. The van der Waals surface area contributed by atoms with Crippen molar-refractivity contribution in [2.24, 2.45) is 0 Å². The molecule has 2 heterocycles. The van der Waals surface area contributed by atoms with Gasteiger partial charge in [-0.2, -0.15) is 0 Å². The van der Waals surface area contributed by atoms with Gasteiger partial charge < -0.3 is 15.0 Å². The summed E-state index contributed by atoms with van der Waals surface area (Å²) in [5, 5.41) is 9.40. The van der Waals surface area contributed by atoms with Crippen molar-refractivity contribution in [1.29, 1.82) is 0 Å². The lowest BCUT2D eigenvalue weighted by Gasteiger charge is -2.23. The van der Waals surface area contributed by atoms with Gasteiger partial charge in [-0.3, -0.25) is 4.79 Å². The number of H-pyrrole nitrogens is 1. The molecule has 0 bridgehead atoms. The molecule has 20 heavy (non-hydrogen) atoms. The Morgan fingerprint density at radius 1 is 1.45 bits per heavy atom. The molecule has 0 fully saturated rings. The average Bonchev–Trinajstić information content (AvgIpc) is 3.05. The summed E-state index contributed by atoms with van der Waals surface area (Å²) in [4.78, 5) is 31.9. The molecule has 1 aliphatic heterocycles. The number of aliphatic carboxylic acids is 1. The van der Waals surface area contributed by atoms with Gasteiger partial charge in [0.25, 0.3) is 5.91 Å². The largest absolute Gasteiger partial charge is 0.480 e. The molecule has 102 valence electrons. The van der Waals surface area contributed by atoms with Crippen molar-refractivity contribution in [3.63, 3.8) is 0 Å². The number of carboxylic acids is 1. The predicted molar refractivity (Wildman–Crippen MR) is 70.0 cm³/mol. The van der Waals surface area contributed by atoms with Gasteiger partial charge in [0.05, 0.1) is 6.33 Å². The van der Waals surface area contributed by atoms with Gasteiger partial charge in [-0.25, -0.2) is 9.78 Å². The highest BCUT2D eigenvalue weighted by molar-refractivity contribution is 6.00. The van der Waals surface area contributed by atoms with Gasteiger partial charge in [-0.15, -0.1) is 0 Å². The molecular formula is C14H13N3O3. The Kier molecular flexibility index (Phi) is 2.98. The van der Waals surface area contributed by atoms with Crippen molar-refractivity contribution < 1.29 is 14.7 Å². The molecule has 2 aromatic rings. The molecular weight excluding hydrogens is 258 g/mol. The third-order valence-electron chi connectivity index (χ3n) is 3.48. The van der Waals surface area contributed by atoms with E-state index in [4.69, 9.17) is 0 Å². The number of carboxylic acid groups (broad SMARTS) is 1. The van der Waals surface area contributed by atoms with Crippen LogP contribution in [0.4, 0.5) is 0 Å². The Labute approximate surface area is 115 Å². The van der Waals surface area contributed by atoms with Gasteiger partial charge >= 0.3 is 5.97 Å². The number of rotatable bonds is 4. The van der Waals surface area contributed by atoms with E-state index >= 15 is 0 Å². The zero-order valence-corrected chi connectivity index (χ0v) is 10.6. The number of carbonyl (C=O) groups is 2. The lowest BCUT2D eigenvalue weighted by atomic mass is 10.1. The third-order valence-corrected chi connectivity index (χ3v) is 3.48. The zero-order chi connectivity index (χ0) is 14.1. The molecule has 0 saturated carbocycles. The summed E-state index contributed by atoms with van der Waals surface area (Å²) in [6, 6.07) is 6.32. The Bertz CT molecular complexity index is 649. The number of hydrogen-bond donors (Lipinski definition) is 2. The summed E-state index contributed by atoms with van der Waals surface area (Å²) in [6.45, 7) is 0.333.